The maximum absolute atomic E-state index is 11.4. The quantitative estimate of drug-likeness (QED) is 0.634. The summed E-state index contributed by atoms with van der Waals surface area (Å²) in [6.45, 7) is 2.52. The summed E-state index contributed by atoms with van der Waals surface area (Å²) in [6.07, 6.45) is 0. The van der Waals surface area contributed by atoms with Gasteiger partial charge >= 0.3 is 5.97 Å². The highest BCUT2D eigenvalue weighted by atomic mass is 32.1. The molecule has 0 heterocycles. The first-order chi connectivity index (χ1) is 9.06. The normalized spacial score (nSPS) is 11.5. The molecule has 1 rings (SSSR count). The van der Waals surface area contributed by atoms with Crippen molar-refractivity contribution in [3.8, 4) is 0 Å². The summed E-state index contributed by atoms with van der Waals surface area (Å²) < 4.78 is 9.67. The minimum absolute atomic E-state index is 0.105. The predicted molar refractivity (Wildman–Crippen MR) is 78.5 cm³/mol. The van der Waals surface area contributed by atoms with E-state index in [4.69, 9.17) is 17.0 Å². The molecule has 0 aromatic heterocycles. The fourth-order valence-electron chi connectivity index (χ4n) is 1.52. The first-order valence-electron chi connectivity index (χ1n) is 5.81. The van der Waals surface area contributed by atoms with Gasteiger partial charge in [0, 0.05) is 18.8 Å². The second-order valence-electron chi connectivity index (χ2n) is 4.03. The summed E-state index contributed by atoms with van der Waals surface area (Å²) in [5.74, 6) is -0.379. The third-order valence-electron chi connectivity index (χ3n) is 2.34. The zero-order chi connectivity index (χ0) is 14.3. The molecule has 0 aliphatic heterocycles. The van der Waals surface area contributed by atoms with Crippen LogP contribution in [-0.2, 0) is 9.47 Å². The molecule has 0 aliphatic carbocycles. The van der Waals surface area contributed by atoms with E-state index in [0.29, 0.717) is 17.3 Å². The van der Waals surface area contributed by atoms with Crippen LogP contribution in [0, 0.1) is 0 Å². The van der Waals surface area contributed by atoms with E-state index in [-0.39, 0.29) is 12.0 Å². The molecular formula is C13H18N2O3S. The standard InChI is InChI=1S/C13H18N2O3S/c1-9(8-17-2)14-13(19)15-11-6-4-5-10(7-11)12(16)18-3/h4-7,9H,8H2,1-3H3,(H2,14,15,19). The minimum atomic E-state index is -0.379. The maximum Gasteiger partial charge on any atom is 0.337 e. The van der Waals surface area contributed by atoms with Gasteiger partial charge in [-0.05, 0) is 37.3 Å². The van der Waals surface area contributed by atoms with Crippen molar-refractivity contribution in [3.63, 3.8) is 0 Å². The molecule has 0 spiro atoms. The van der Waals surface area contributed by atoms with E-state index in [1.807, 2.05) is 13.0 Å². The summed E-state index contributed by atoms with van der Waals surface area (Å²) in [4.78, 5) is 11.4. The third kappa shape index (κ3) is 5.23. The van der Waals surface area contributed by atoms with Gasteiger partial charge in [-0.2, -0.15) is 0 Å². The maximum atomic E-state index is 11.4. The SMILES string of the molecule is COCC(C)NC(=S)Nc1cccc(C(=O)OC)c1. The van der Waals surface area contributed by atoms with Crippen LogP contribution < -0.4 is 10.6 Å². The van der Waals surface area contributed by atoms with Crippen molar-refractivity contribution >= 4 is 29.0 Å². The summed E-state index contributed by atoms with van der Waals surface area (Å²) in [5.41, 5.74) is 1.20. The van der Waals surface area contributed by atoms with E-state index in [0.717, 1.165) is 5.69 Å². The Morgan fingerprint density at radius 2 is 2.16 bits per heavy atom. The van der Waals surface area contributed by atoms with E-state index < -0.39 is 0 Å². The van der Waals surface area contributed by atoms with Crippen LogP contribution in [0.4, 0.5) is 5.69 Å². The Labute approximate surface area is 118 Å². The molecule has 0 radical (unpaired) electrons. The van der Waals surface area contributed by atoms with E-state index in [2.05, 4.69) is 15.4 Å². The fourth-order valence-corrected chi connectivity index (χ4v) is 1.84. The van der Waals surface area contributed by atoms with Crippen molar-refractivity contribution < 1.29 is 14.3 Å². The summed E-state index contributed by atoms with van der Waals surface area (Å²) in [7, 11) is 2.98. The number of hydrogen-bond acceptors (Lipinski definition) is 4. The molecule has 1 aromatic carbocycles. The van der Waals surface area contributed by atoms with Crippen molar-refractivity contribution in [2.45, 2.75) is 13.0 Å². The molecule has 0 saturated carbocycles. The highest BCUT2D eigenvalue weighted by molar-refractivity contribution is 7.80. The molecule has 1 aromatic rings. The zero-order valence-corrected chi connectivity index (χ0v) is 12.0. The molecule has 1 unspecified atom stereocenters. The Hall–Kier alpha value is -1.66. The zero-order valence-electron chi connectivity index (χ0n) is 11.2. The molecular weight excluding hydrogens is 264 g/mol. The van der Waals surface area contributed by atoms with Gasteiger partial charge in [0.1, 0.15) is 0 Å². The van der Waals surface area contributed by atoms with E-state index >= 15 is 0 Å². The van der Waals surface area contributed by atoms with Gasteiger partial charge in [0.2, 0.25) is 0 Å². The van der Waals surface area contributed by atoms with Crippen molar-refractivity contribution in [2.24, 2.45) is 0 Å². The van der Waals surface area contributed by atoms with Crippen molar-refractivity contribution in [1.82, 2.24) is 5.32 Å². The molecule has 5 nitrogen and oxygen atoms in total. The minimum Gasteiger partial charge on any atom is -0.465 e. The Morgan fingerprint density at radius 3 is 2.79 bits per heavy atom. The lowest BCUT2D eigenvalue weighted by molar-refractivity contribution is 0.0601. The monoisotopic (exact) mass is 282 g/mol. The van der Waals surface area contributed by atoms with Crippen molar-refractivity contribution in [3.05, 3.63) is 29.8 Å². The number of esters is 1. The van der Waals surface area contributed by atoms with Crippen LogP contribution >= 0.6 is 12.2 Å². The van der Waals surface area contributed by atoms with Gasteiger partial charge in [-0.25, -0.2) is 4.79 Å². The number of nitrogens with one attached hydrogen (secondary N) is 2. The van der Waals surface area contributed by atoms with Gasteiger partial charge in [-0.1, -0.05) is 6.07 Å². The van der Waals surface area contributed by atoms with Gasteiger partial charge in [0.25, 0.3) is 0 Å². The van der Waals surface area contributed by atoms with Crippen LogP contribution in [0.3, 0.4) is 0 Å². The third-order valence-corrected chi connectivity index (χ3v) is 2.56. The summed E-state index contributed by atoms with van der Waals surface area (Å²) >= 11 is 5.17. The number of benzene rings is 1. The molecule has 104 valence electrons. The van der Waals surface area contributed by atoms with E-state index in [9.17, 15) is 4.79 Å². The van der Waals surface area contributed by atoms with Gasteiger partial charge in [-0.3, -0.25) is 0 Å². The first kappa shape index (κ1) is 15.4. The Morgan fingerprint density at radius 1 is 1.42 bits per heavy atom. The Balaban J connectivity index is 2.62. The molecule has 6 heteroatoms. The highest BCUT2D eigenvalue weighted by Gasteiger charge is 2.07. The highest BCUT2D eigenvalue weighted by Crippen LogP contribution is 2.11. The molecule has 2 N–H and O–H groups in total. The first-order valence-corrected chi connectivity index (χ1v) is 6.22. The number of carbonyl (C=O) groups excluding carboxylic acids is 1. The lowest BCUT2D eigenvalue weighted by Crippen LogP contribution is -2.38. The van der Waals surface area contributed by atoms with Crippen LogP contribution in [0.15, 0.2) is 24.3 Å². The second kappa shape index (κ2) is 7.70. The van der Waals surface area contributed by atoms with Crippen LogP contribution in [-0.4, -0.2) is 38.0 Å². The second-order valence-corrected chi connectivity index (χ2v) is 4.44. The molecule has 0 amide bonds. The molecule has 0 fully saturated rings. The Bertz CT molecular complexity index is 451. The topological polar surface area (TPSA) is 59.6 Å². The van der Waals surface area contributed by atoms with Crippen LogP contribution in [0.2, 0.25) is 0 Å². The smallest absolute Gasteiger partial charge is 0.337 e. The van der Waals surface area contributed by atoms with Gasteiger partial charge in [0.15, 0.2) is 5.11 Å². The number of ether oxygens (including phenoxy) is 2. The van der Waals surface area contributed by atoms with Gasteiger partial charge < -0.3 is 20.1 Å². The molecule has 0 bridgehead atoms. The number of hydrogen-bond donors (Lipinski definition) is 2. The number of anilines is 1. The Kier molecular flexibility index (Phi) is 6.24. The number of methoxy groups -OCH3 is 2. The van der Waals surface area contributed by atoms with Crippen LogP contribution in [0.25, 0.3) is 0 Å². The van der Waals surface area contributed by atoms with Crippen LogP contribution in [0.1, 0.15) is 17.3 Å². The van der Waals surface area contributed by atoms with Crippen molar-refractivity contribution in [1.29, 1.82) is 0 Å². The molecule has 0 saturated heterocycles. The number of carbonyl (C=O) groups is 1. The molecule has 19 heavy (non-hydrogen) atoms. The number of thiocarbonyl (C=S) groups is 1. The molecule has 0 aliphatic rings. The fraction of sp³-hybridized carbons (Fsp3) is 0.385. The lowest BCUT2D eigenvalue weighted by Gasteiger charge is -2.16. The average Bonchev–Trinajstić information content (AvgIpc) is 2.38. The van der Waals surface area contributed by atoms with E-state index in [1.165, 1.54) is 7.11 Å². The average molecular weight is 282 g/mol. The van der Waals surface area contributed by atoms with Crippen molar-refractivity contribution in [2.75, 3.05) is 26.1 Å². The number of rotatable bonds is 5. The van der Waals surface area contributed by atoms with Gasteiger partial charge in [0.05, 0.1) is 19.3 Å². The van der Waals surface area contributed by atoms with Crippen LogP contribution in [0.5, 0.6) is 0 Å². The summed E-state index contributed by atoms with van der Waals surface area (Å²) in [5, 5.41) is 6.56. The largest absolute Gasteiger partial charge is 0.465 e. The lowest BCUT2D eigenvalue weighted by atomic mass is 10.2. The van der Waals surface area contributed by atoms with E-state index in [1.54, 1.807) is 25.3 Å². The summed E-state index contributed by atoms with van der Waals surface area (Å²) in [6, 6.07) is 7.05. The van der Waals surface area contributed by atoms with Gasteiger partial charge in [-0.15, -0.1) is 0 Å². The molecule has 1 atom stereocenters. The predicted octanol–water partition coefficient (Wildman–Crippen LogP) is 1.79.